The van der Waals surface area contributed by atoms with E-state index in [9.17, 15) is 13.5 Å². The topological polar surface area (TPSA) is 75.6 Å². The summed E-state index contributed by atoms with van der Waals surface area (Å²) in [6.07, 6.45) is 0. The van der Waals surface area contributed by atoms with Gasteiger partial charge in [0.05, 0.1) is 17.1 Å². The summed E-state index contributed by atoms with van der Waals surface area (Å²) in [7, 11) is -2.19. The van der Waals surface area contributed by atoms with E-state index in [4.69, 9.17) is 4.74 Å². The van der Waals surface area contributed by atoms with Gasteiger partial charge in [-0.3, -0.25) is 0 Å². The Balaban J connectivity index is 2.84. The molecule has 1 aromatic rings. The van der Waals surface area contributed by atoms with Crippen molar-refractivity contribution in [2.24, 2.45) is 0 Å². The maximum Gasteiger partial charge on any atom is 0.240 e. The van der Waals surface area contributed by atoms with Crippen molar-refractivity contribution in [3.63, 3.8) is 0 Å². The highest BCUT2D eigenvalue weighted by molar-refractivity contribution is 7.89. The molecule has 6 heteroatoms. The van der Waals surface area contributed by atoms with E-state index >= 15 is 0 Å². The Morgan fingerprint density at radius 3 is 2.10 bits per heavy atom. The molecular weight excluding hydrogens is 290 g/mol. The van der Waals surface area contributed by atoms with Gasteiger partial charge in [0.1, 0.15) is 0 Å². The fraction of sp³-hybridized carbons (Fsp3) is 0.600. The highest BCUT2D eigenvalue weighted by Gasteiger charge is 2.24. The van der Waals surface area contributed by atoms with Crippen molar-refractivity contribution < 1.29 is 18.3 Å². The number of aliphatic hydroxyl groups is 1. The molecule has 0 saturated carbocycles. The molecule has 0 heterocycles. The van der Waals surface area contributed by atoms with Gasteiger partial charge in [-0.1, -0.05) is 32.9 Å². The summed E-state index contributed by atoms with van der Waals surface area (Å²) in [4.78, 5) is 0.184. The van der Waals surface area contributed by atoms with E-state index in [2.05, 4.69) is 25.5 Å². The molecule has 1 atom stereocenters. The van der Waals surface area contributed by atoms with Crippen molar-refractivity contribution in [3.05, 3.63) is 29.8 Å². The van der Waals surface area contributed by atoms with E-state index in [0.717, 1.165) is 5.56 Å². The average Bonchev–Trinajstić information content (AvgIpc) is 2.36. The minimum Gasteiger partial charge on any atom is -0.386 e. The van der Waals surface area contributed by atoms with Gasteiger partial charge in [-0.25, -0.2) is 13.1 Å². The molecule has 21 heavy (non-hydrogen) atoms. The van der Waals surface area contributed by atoms with Crippen LogP contribution in [0, 0.1) is 0 Å². The number of ether oxygens (including phenoxy) is 1. The van der Waals surface area contributed by atoms with Crippen LogP contribution in [0.2, 0.25) is 0 Å². The number of hydrogen-bond acceptors (Lipinski definition) is 4. The Morgan fingerprint density at radius 2 is 1.67 bits per heavy atom. The van der Waals surface area contributed by atoms with Gasteiger partial charge in [0, 0.05) is 13.7 Å². The second-order valence-corrected chi connectivity index (χ2v) is 8.30. The van der Waals surface area contributed by atoms with Crippen LogP contribution in [0.5, 0.6) is 0 Å². The third-order valence-electron chi connectivity index (χ3n) is 3.13. The maximum atomic E-state index is 12.2. The smallest absolute Gasteiger partial charge is 0.240 e. The summed E-state index contributed by atoms with van der Waals surface area (Å²) < 4.78 is 31.6. The fourth-order valence-corrected chi connectivity index (χ4v) is 2.99. The lowest BCUT2D eigenvalue weighted by molar-refractivity contribution is -0.0119. The summed E-state index contributed by atoms with van der Waals surface area (Å²) in [6, 6.07) is 6.77. The molecule has 120 valence electrons. The zero-order valence-electron chi connectivity index (χ0n) is 13.3. The van der Waals surface area contributed by atoms with E-state index in [1.165, 1.54) is 14.0 Å². The van der Waals surface area contributed by atoms with E-state index < -0.39 is 15.6 Å². The SMILES string of the molecule is COCC(C)(O)CNS(=O)(=O)c1ccc(C(C)(C)C)cc1. The van der Waals surface area contributed by atoms with Crippen LogP contribution in [-0.2, 0) is 20.2 Å². The first-order chi connectivity index (χ1) is 9.48. The minimum atomic E-state index is -3.64. The quantitative estimate of drug-likeness (QED) is 0.837. The Labute approximate surface area is 127 Å². The normalized spacial score (nSPS) is 15.7. The molecule has 0 radical (unpaired) electrons. The molecule has 0 fully saturated rings. The molecule has 5 nitrogen and oxygen atoms in total. The van der Waals surface area contributed by atoms with Gasteiger partial charge in [-0.15, -0.1) is 0 Å². The van der Waals surface area contributed by atoms with Crippen LogP contribution in [0.3, 0.4) is 0 Å². The first kappa shape index (κ1) is 18.1. The van der Waals surface area contributed by atoms with Gasteiger partial charge in [0.25, 0.3) is 0 Å². The predicted molar refractivity (Wildman–Crippen MR) is 82.8 cm³/mol. The molecule has 2 N–H and O–H groups in total. The molecule has 0 bridgehead atoms. The number of methoxy groups -OCH3 is 1. The Hall–Kier alpha value is -0.950. The minimum absolute atomic E-state index is 0.0299. The second kappa shape index (κ2) is 6.44. The average molecular weight is 315 g/mol. The maximum absolute atomic E-state index is 12.2. The van der Waals surface area contributed by atoms with Crippen LogP contribution in [0.25, 0.3) is 0 Å². The fourth-order valence-electron chi connectivity index (χ4n) is 1.83. The van der Waals surface area contributed by atoms with E-state index in [1.54, 1.807) is 12.1 Å². The Morgan fingerprint density at radius 1 is 1.14 bits per heavy atom. The summed E-state index contributed by atoms with van der Waals surface area (Å²) in [5.41, 5.74) is -0.210. The zero-order valence-corrected chi connectivity index (χ0v) is 14.1. The van der Waals surface area contributed by atoms with Gasteiger partial charge in [-0.2, -0.15) is 0 Å². The van der Waals surface area contributed by atoms with Gasteiger partial charge in [0.15, 0.2) is 0 Å². The summed E-state index contributed by atoms with van der Waals surface area (Å²) in [5.74, 6) is 0. The van der Waals surface area contributed by atoms with Gasteiger partial charge < -0.3 is 9.84 Å². The highest BCUT2D eigenvalue weighted by atomic mass is 32.2. The lowest BCUT2D eigenvalue weighted by atomic mass is 9.87. The number of benzene rings is 1. The van der Waals surface area contributed by atoms with E-state index in [0.29, 0.717) is 0 Å². The lowest BCUT2D eigenvalue weighted by Gasteiger charge is -2.23. The molecule has 0 aliphatic rings. The van der Waals surface area contributed by atoms with Gasteiger partial charge >= 0.3 is 0 Å². The number of nitrogens with one attached hydrogen (secondary N) is 1. The molecule has 0 spiro atoms. The molecule has 0 aliphatic heterocycles. The van der Waals surface area contributed by atoms with Crippen LogP contribution < -0.4 is 4.72 Å². The largest absolute Gasteiger partial charge is 0.386 e. The van der Waals surface area contributed by atoms with Gasteiger partial charge in [0.2, 0.25) is 10.0 Å². The molecule has 0 aliphatic carbocycles. The van der Waals surface area contributed by atoms with E-state index in [-0.39, 0.29) is 23.5 Å². The molecule has 1 aromatic carbocycles. The highest BCUT2D eigenvalue weighted by Crippen LogP contribution is 2.23. The summed E-state index contributed by atoms with van der Waals surface area (Å²) >= 11 is 0. The van der Waals surface area contributed by atoms with Crippen molar-refractivity contribution in [2.45, 2.75) is 43.6 Å². The number of hydrogen-bond donors (Lipinski definition) is 2. The molecule has 0 saturated heterocycles. The van der Waals surface area contributed by atoms with Crippen LogP contribution >= 0.6 is 0 Å². The van der Waals surface area contributed by atoms with E-state index in [1.807, 2.05) is 12.1 Å². The summed E-state index contributed by atoms with van der Waals surface area (Å²) in [6.45, 7) is 7.66. The van der Waals surface area contributed by atoms with Crippen LogP contribution in [-0.4, -0.2) is 39.4 Å². The van der Waals surface area contributed by atoms with Gasteiger partial charge in [-0.05, 0) is 30.0 Å². The van der Waals surface area contributed by atoms with Crippen LogP contribution in [0.1, 0.15) is 33.3 Å². The van der Waals surface area contributed by atoms with Crippen molar-refractivity contribution >= 4 is 10.0 Å². The lowest BCUT2D eigenvalue weighted by Crippen LogP contribution is -2.43. The Bertz CT molecular complexity index is 556. The number of rotatable bonds is 6. The third kappa shape index (κ3) is 5.39. The monoisotopic (exact) mass is 315 g/mol. The molecular formula is C15H25NO4S. The van der Waals surface area contributed by atoms with Crippen molar-refractivity contribution in [1.29, 1.82) is 0 Å². The van der Waals surface area contributed by atoms with Crippen molar-refractivity contribution in [2.75, 3.05) is 20.3 Å². The molecule has 0 amide bonds. The van der Waals surface area contributed by atoms with Crippen molar-refractivity contribution in [3.8, 4) is 0 Å². The zero-order chi connectivity index (χ0) is 16.3. The first-order valence-corrected chi connectivity index (χ1v) is 8.28. The third-order valence-corrected chi connectivity index (χ3v) is 4.55. The van der Waals surface area contributed by atoms with Crippen LogP contribution in [0.4, 0.5) is 0 Å². The Kier molecular flexibility index (Phi) is 5.55. The molecule has 1 unspecified atom stereocenters. The molecule has 1 rings (SSSR count). The molecule has 0 aromatic heterocycles. The van der Waals surface area contributed by atoms with Crippen LogP contribution in [0.15, 0.2) is 29.2 Å². The second-order valence-electron chi connectivity index (χ2n) is 6.53. The standard InChI is InChI=1S/C15H25NO4S/c1-14(2,3)12-6-8-13(9-7-12)21(18,19)16-10-15(4,17)11-20-5/h6-9,16-17H,10-11H2,1-5H3. The first-order valence-electron chi connectivity index (χ1n) is 6.79. The number of sulfonamides is 1. The van der Waals surface area contributed by atoms with Crippen molar-refractivity contribution in [1.82, 2.24) is 4.72 Å². The summed E-state index contributed by atoms with van der Waals surface area (Å²) in [5, 5.41) is 9.92. The predicted octanol–water partition coefficient (Wildman–Crippen LogP) is 1.66.